The molecule has 0 atom stereocenters. The van der Waals surface area contributed by atoms with Gasteiger partial charge in [-0.1, -0.05) is 29.3 Å². The number of rotatable bonds is 3. The van der Waals surface area contributed by atoms with Gasteiger partial charge in [-0.15, -0.1) is 0 Å². The van der Waals surface area contributed by atoms with E-state index in [1.165, 1.54) is 0 Å². The number of aromatic nitrogens is 1. The summed E-state index contributed by atoms with van der Waals surface area (Å²) in [7, 11) is 0. The lowest BCUT2D eigenvalue weighted by atomic mass is 10.3. The summed E-state index contributed by atoms with van der Waals surface area (Å²) in [6.45, 7) is 0.330. The second-order valence-corrected chi connectivity index (χ2v) is 4.31. The predicted molar refractivity (Wildman–Crippen MR) is 69.4 cm³/mol. The van der Waals surface area contributed by atoms with Gasteiger partial charge in [-0.3, -0.25) is 0 Å². The van der Waals surface area contributed by atoms with Crippen molar-refractivity contribution in [2.45, 2.75) is 6.61 Å². The van der Waals surface area contributed by atoms with Crippen LogP contribution in [0.2, 0.25) is 10.0 Å². The highest BCUT2D eigenvalue weighted by Gasteiger charge is 2.02. The summed E-state index contributed by atoms with van der Waals surface area (Å²) in [4.78, 5) is 3.97. The van der Waals surface area contributed by atoms with Crippen molar-refractivity contribution < 1.29 is 4.74 Å². The van der Waals surface area contributed by atoms with Crippen LogP contribution in [-0.4, -0.2) is 4.98 Å². The molecule has 0 spiro atoms. The van der Waals surface area contributed by atoms with E-state index in [1.54, 1.807) is 30.5 Å². The number of nitrogen functional groups attached to an aromatic ring is 1. The number of nitrogens with two attached hydrogens (primary N) is 1. The van der Waals surface area contributed by atoms with E-state index in [2.05, 4.69) is 4.98 Å². The van der Waals surface area contributed by atoms with E-state index in [1.807, 2.05) is 6.07 Å². The minimum absolute atomic E-state index is 0.330. The van der Waals surface area contributed by atoms with Gasteiger partial charge in [0.1, 0.15) is 18.2 Å². The first kappa shape index (κ1) is 12.0. The number of hydrogen-bond acceptors (Lipinski definition) is 3. The second-order valence-electron chi connectivity index (χ2n) is 3.44. The summed E-state index contributed by atoms with van der Waals surface area (Å²) in [5, 5.41) is 1.07. The third kappa shape index (κ3) is 3.25. The summed E-state index contributed by atoms with van der Waals surface area (Å²) in [5.74, 6) is 1.06. The third-order valence-corrected chi connectivity index (χ3v) is 2.59. The van der Waals surface area contributed by atoms with E-state index in [0.29, 0.717) is 28.2 Å². The van der Waals surface area contributed by atoms with Gasteiger partial charge in [-0.25, -0.2) is 4.98 Å². The Morgan fingerprint density at radius 2 is 1.88 bits per heavy atom. The lowest BCUT2D eigenvalue weighted by molar-refractivity contribution is 0.306. The lowest BCUT2D eigenvalue weighted by Gasteiger charge is -2.08. The van der Waals surface area contributed by atoms with Crippen molar-refractivity contribution in [3.05, 3.63) is 52.1 Å². The van der Waals surface area contributed by atoms with Crippen molar-refractivity contribution in [2.75, 3.05) is 5.73 Å². The first-order valence-electron chi connectivity index (χ1n) is 4.93. The fourth-order valence-corrected chi connectivity index (χ4v) is 1.85. The van der Waals surface area contributed by atoms with Crippen molar-refractivity contribution in [2.24, 2.45) is 0 Å². The van der Waals surface area contributed by atoms with E-state index in [9.17, 15) is 0 Å². The molecule has 17 heavy (non-hydrogen) atoms. The number of ether oxygens (including phenoxy) is 1. The molecule has 5 heteroatoms. The molecular formula is C12H10Cl2N2O. The van der Waals surface area contributed by atoms with Crippen molar-refractivity contribution in [1.29, 1.82) is 0 Å². The molecule has 0 saturated carbocycles. The maximum Gasteiger partial charge on any atom is 0.129 e. The third-order valence-electron chi connectivity index (χ3n) is 2.16. The topological polar surface area (TPSA) is 48.1 Å². The van der Waals surface area contributed by atoms with Crippen LogP contribution in [0.1, 0.15) is 5.56 Å². The fourth-order valence-electron chi connectivity index (χ4n) is 1.35. The Labute approximate surface area is 109 Å². The quantitative estimate of drug-likeness (QED) is 0.926. The molecular weight excluding hydrogens is 259 g/mol. The first-order chi connectivity index (χ1) is 8.15. The normalized spacial score (nSPS) is 10.2. The van der Waals surface area contributed by atoms with Gasteiger partial charge in [0.25, 0.3) is 0 Å². The van der Waals surface area contributed by atoms with Gasteiger partial charge < -0.3 is 10.5 Å². The summed E-state index contributed by atoms with van der Waals surface area (Å²) in [6, 6.07) is 8.70. The molecule has 0 bridgehead atoms. The molecule has 0 fully saturated rings. The molecule has 0 unspecified atom stereocenters. The number of nitrogens with zero attached hydrogens (tertiary/aromatic N) is 1. The van der Waals surface area contributed by atoms with Crippen molar-refractivity contribution in [3.63, 3.8) is 0 Å². The zero-order valence-corrected chi connectivity index (χ0v) is 10.4. The summed E-state index contributed by atoms with van der Waals surface area (Å²) < 4.78 is 5.55. The molecule has 1 aromatic heterocycles. The Balaban J connectivity index is 2.10. The van der Waals surface area contributed by atoms with Gasteiger partial charge in [-0.2, -0.15) is 0 Å². The Hall–Kier alpha value is -1.45. The molecule has 88 valence electrons. The van der Waals surface area contributed by atoms with Crippen LogP contribution in [-0.2, 0) is 6.61 Å². The zero-order valence-electron chi connectivity index (χ0n) is 8.86. The van der Waals surface area contributed by atoms with Crippen LogP contribution in [0.5, 0.6) is 5.75 Å². The second kappa shape index (κ2) is 5.25. The highest BCUT2D eigenvalue weighted by Crippen LogP contribution is 2.25. The molecule has 0 amide bonds. The van der Waals surface area contributed by atoms with Gasteiger partial charge in [-0.05, 0) is 24.3 Å². The number of hydrogen-bond donors (Lipinski definition) is 1. The minimum atomic E-state index is 0.330. The molecule has 2 N–H and O–H groups in total. The van der Waals surface area contributed by atoms with Crippen molar-refractivity contribution >= 4 is 29.0 Å². The molecule has 2 rings (SSSR count). The molecule has 1 heterocycles. The maximum atomic E-state index is 5.86. The van der Waals surface area contributed by atoms with Crippen molar-refractivity contribution in [1.82, 2.24) is 4.98 Å². The largest absolute Gasteiger partial charge is 0.489 e. The Morgan fingerprint density at radius 3 is 2.53 bits per heavy atom. The van der Waals surface area contributed by atoms with Gasteiger partial charge in [0, 0.05) is 21.8 Å². The molecule has 3 nitrogen and oxygen atoms in total. The van der Waals surface area contributed by atoms with Gasteiger partial charge in [0.05, 0.1) is 0 Å². The first-order valence-corrected chi connectivity index (χ1v) is 5.69. The van der Waals surface area contributed by atoms with E-state index < -0.39 is 0 Å². The van der Waals surface area contributed by atoms with Crippen LogP contribution in [0.25, 0.3) is 0 Å². The molecule has 0 aliphatic rings. The van der Waals surface area contributed by atoms with Gasteiger partial charge in [0.15, 0.2) is 0 Å². The van der Waals surface area contributed by atoms with Crippen LogP contribution in [0, 0.1) is 0 Å². The molecule has 2 aromatic rings. The van der Waals surface area contributed by atoms with Crippen LogP contribution >= 0.6 is 23.2 Å². The maximum absolute atomic E-state index is 5.86. The average Bonchev–Trinajstić information content (AvgIpc) is 2.27. The van der Waals surface area contributed by atoms with Crippen LogP contribution in [0.15, 0.2) is 36.5 Å². The Bertz CT molecular complexity index is 511. The van der Waals surface area contributed by atoms with Crippen molar-refractivity contribution in [3.8, 4) is 5.75 Å². The molecule has 0 radical (unpaired) electrons. The fraction of sp³-hybridized carbons (Fsp3) is 0.0833. The predicted octanol–water partition coefficient (Wildman–Crippen LogP) is 3.55. The average molecular weight is 269 g/mol. The van der Waals surface area contributed by atoms with Crippen LogP contribution < -0.4 is 10.5 Å². The van der Waals surface area contributed by atoms with E-state index in [-0.39, 0.29) is 0 Å². The number of halogens is 2. The highest BCUT2D eigenvalue weighted by atomic mass is 35.5. The van der Waals surface area contributed by atoms with E-state index >= 15 is 0 Å². The zero-order chi connectivity index (χ0) is 12.3. The lowest BCUT2D eigenvalue weighted by Crippen LogP contribution is -2.01. The molecule has 0 aliphatic heterocycles. The van der Waals surface area contributed by atoms with Crippen LogP contribution in [0.4, 0.5) is 5.82 Å². The summed E-state index contributed by atoms with van der Waals surface area (Å²) in [5.41, 5.74) is 6.52. The molecule has 0 saturated heterocycles. The highest BCUT2D eigenvalue weighted by molar-refractivity contribution is 6.34. The van der Waals surface area contributed by atoms with Gasteiger partial charge >= 0.3 is 0 Å². The van der Waals surface area contributed by atoms with Crippen LogP contribution in [0.3, 0.4) is 0 Å². The smallest absolute Gasteiger partial charge is 0.129 e. The Morgan fingerprint density at radius 1 is 1.18 bits per heavy atom. The summed E-state index contributed by atoms with van der Waals surface area (Å²) in [6.07, 6.45) is 1.63. The number of anilines is 1. The standard InChI is InChI=1S/C12H10Cl2N2O/c13-9-4-10(14)6-11(5-9)17-7-8-2-1-3-16-12(8)15/h1-6H,7H2,(H2,15,16). The van der Waals surface area contributed by atoms with E-state index in [0.717, 1.165) is 5.56 Å². The monoisotopic (exact) mass is 268 g/mol. The minimum Gasteiger partial charge on any atom is -0.489 e. The number of benzene rings is 1. The number of pyridine rings is 1. The Kier molecular flexibility index (Phi) is 3.71. The molecule has 0 aliphatic carbocycles. The summed E-state index contributed by atoms with van der Waals surface area (Å²) >= 11 is 11.7. The van der Waals surface area contributed by atoms with E-state index in [4.69, 9.17) is 33.7 Å². The van der Waals surface area contributed by atoms with Gasteiger partial charge in [0.2, 0.25) is 0 Å². The molecule has 1 aromatic carbocycles. The SMILES string of the molecule is Nc1ncccc1COc1cc(Cl)cc(Cl)c1.